The number of carbonyl (C=O) groups is 1. The number of aryl methyl sites for hydroxylation is 1. The van der Waals surface area contributed by atoms with Crippen LogP contribution in [0.3, 0.4) is 0 Å². The maximum atomic E-state index is 11.6. The molecule has 98 valence electrons. The Morgan fingerprint density at radius 3 is 2.58 bits per heavy atom. The Labute approximate surface area is 112 Å². The summed E-state index contributed by atoms with van der Waals surface area (Å²) in [7, 11) is 0. The van der Waals surface area contributed by atoms with E-state index < -0.39 is 0 Å². The molecule has 19 heavy (non-hydrogen) atoms. The molecule has 2 amide bonds. The molecule has 0 aliphatic rings. The van der Waals surface area contributed by atoms with Crippen LogP contribution in [0.15, 0.2) is 54.7 Å². The van der Waals surface area contributed by atoms with Crippen LogP contribution >= 0.6 is 0 Å². The first kappa shape index (κ1) is 13.1. The summed E-state index contributed by atoms with van der Waals surface area (Å²) in [4.78, 5) is 15.8. The number of benzene rings is 1. The number of nitrogens with one attached hydrogen (secondary N) is 2. The molecule has 2 rings (SSSR count). The van der Waals surface area contributed by atoms with Gasteiger partial charge in [-0.2, -0.15) is 0 Å². The van der Waals surface area contributed by atoms with Crippen molar-refractivity contribution in [3.8, 4) is 0 Å². The summed E-state index contributed by atoms with van der Waals surface area (Å²) >= 11 is 0. The van der Waals surface area contributed by atoms with E-state index in [-0.39, 0.29) is 6.03 Å². The molecule has 1 heterocycles. The maximum Gasteiger partial charge on any atom is 0.319 e. The van der Waals surface area contributed by atoms with Gasteiger partial charge in [0.2, 0.25) is 0 Å². The molecule has 0 saturated heterocycles. The predicted molar refractivity (Wildman–Crippen MR) is 76.0 cm³/mol. The number of amides is 2. The van der Waals surface area contributed by atoms with Crippen molar-refractivity contribution in [1.29, 1.82) is 0 Å². The van der Waals surface area contributed by atoms with Gasteiger partial charge in [0.15, 0.2) is 0 Å². The Bertz CT molecular complexity index is 499. The van der Waals surface area contributed by atoms with Crippen LogP contribution in [-0.2, 0) is 6.42 Å². The second-order valence-electron chi connectivity index (χ2n) is 4.17. The number of carbonyl (C=O) groups excluding carboxylic acids is 1. The summed E-state index contributed by atoms with van der Waals surface area (Å²) < 4.78 is 0. The molecule has 0 radical (unpaired) electrons. The summed E-state index contributed by atoms with van der Waals surface area (Å²) in [5, 5.41) is 5.60. The smallest absolute Gasteiger partial charge is 0.319 e. The van der Waals surface area contributed by atoms with Crippen LogP contribution in [0.2, 0.25) is 0 Å². The molecule has 0 spiro atoms. The van der Waals surface area contributed by atoms with Gasteiger partial charge in [-0.3, -0.25) is 4.98 Å². The number of nitrogens with zero attached hydrogens (tertiary/aromatic N) is 1. The SMILES string of the molecule is O=C(NCCCc1ccccn1)Nc1ccccc1. The summed E-state index contributed by atoms with van der Waals surface area (Å²) in [6, 6.07) is 15.1. The Morgan fingerprint density at radius 2 is 1.84 bits per heavy atom. The Morgan fingerprint density at radius 1 is 1.05 bits per heavy atom. The maximum absolute atomic E-state index is 11.6. The largest absolute Gasteiger partial charge is 0.338 e. The summed E-state index contributed by atoms with van der Waals surface area (Å²) in [6.07, 6.45) is 3.52. The molecule has 0 saturated carbocycles. The van der Waals surface area contributed by atoms with Crippen molar-refractivity contribution in [3.05, 3.63) is 60.4 Å². The Kier molecular flexibility index (Phi) is 4.93. The first-order chi connectivity index (χ1) is 9.34. The van der Waals surface area contributed by atoms with E-state index in [0.717, 1.165) is 24.2 Å². The van der Waals surface area contributed by atoms with E-state index in [1.165, 1.54) is 0 Å². The van der Waals surface area contributed by atoms with Gasteiger partial charge < -0.3 is 10.6 Å². The third-order valence-electron chi connectivity index (χ3n) is 2.65. The van der Waals surface area contributed by atoms with E-state index in [1.54, 1.807) is 6.20 Å². The monoisotopic (exact) mass is 255 g/mol. The van der Waals surface area contributed by atoms with Crippen LogP contribution in [0.1, 0.15) is 12.1 Å². The number of rotatable bonds is 5. The average Bonchev–Trinajstić information content (AvgIpc) is 2.46. The molecule has 0 fully saturated rings. The van der Waals surface area contributed by atoms with Gasteiger partial charge in [0.25, 0.3) is 0 Å². The number of hydrogen-bond donors (Lipinski definition) is 2. The van der Waals surface area contributed by atoms with Gasteiger partial charge in [0.1, 0.15) is 0 Å². The third kappa shape index (κ3) is 4.79. The minimum absolute atomic E-state index is 0.174. The normalized spacial score (nSPS) is 9.89. The first-order valence-electron chi connectivity index (χ1n) is 6.34. The van der Waals surface area contributed by atoms with Gasteiger partial charge in [0.05, 0.1) is 0 Å². The van der Waals surface area contributed by atoms with Crippen LogP contribution in [0, 0.1) is 0 Å². The van der Waals surface area contributed by atoms with E-state index in [0.29, 0.717) is 6.54 Å². The molecule has 4 nitrogen and oxygen atoms in total. The standard InChI is InChI=1S/C15H17N3O/c19-15(18-14-8-2-1-3-9-14)17-12-6-10-13-7-4-5-11-16-13/h1-5,7-9,11H,6,10,12H2,(H2,17,18,19). The summed E-state index contributed by atoms with van der Waals surface area (Å²) in [6.45, 7) is 0.634. The summed E-state index contributed by atoms with van der Waals surface area (Å²) in [5.41, 5.74) is 1.84. The van der Waals surface area contributed by atoms with E-state index in [9.17, 15) is 4.79 Å². The van der Waals surface area contributed by atoms with E-state index >= 15 is 0 Å². The lowest BCUT2D eigenvalue weighted by molar-refractivity contribution is 0.252. The molecular weight excluding hydrogens is 238 g/mol. The van der Waals surface area contributed by atoms with Crippen LogP contribution in [-0.4, -0.2) is 17.6 Å². The minimum atomic E-state index is -0.174. The van der Waals surface area contributed by atoms with Crippen molar-refractivity contribution in [2.24, 2.45) is 0 Å². The average molecular weight is 255 g/mol. The van der Waals surface area contributed by atoms with Gasteiger partial charge in [-0.05, 0) is 37.1 Å². The predicted octanol–water partition coefficient (Wildman–Crippen LogP) is 2.84. The molecule has 0 atom stereocenters. The molecule has 0 unspecified atom stereocenters. The second-order valence-corrected chi connectivity index (χ2v) is 4.17. The van der Waals surface area contributed by atoms with E-state index in [4.69, 9.17) is 0 Å². The van der Waals surface area contributed by atoms with Crippen LogP contribution in [0.5, 0.6) is 0 Å². The molecule has 0 bridgehead atoms. The highest BCUT2D eigenvalue weighted by Gasteiger charge is 2.00. The number of hydrogen-bond acceptors (Lipinski definition) is 2. The Hall–Kier alpha value is -2.36. The molecule has 1 aromatic heterocycles. The van der Waals surface area contributed by atoms with Crippen molar-refractivity contribution in [2.45, 2.75) is 12.8 Å². The zero-order valence-corrected chi connectivity index (χ0v) is 10.7. The van der Waals surface area contributed by atoms with E-state index in [1.807, 2.05) is 48.5 Å². The van der Waals surface area contributed by atoms with Crippen molar-refractivity contribution >= 4 is 11.7 Å². The van der Waals surface area contributed by atoms with Crippen LogP contribution in [0.4, 0.5) is 10.5 Å². The zero-order chi connectivity index (χ0) is 13.3. The van der Waals surface area contributed by atoms with Crippen molar-refractivity contribution in [3.63, 3.8) is 0 Å². The molecule has 1 aromatic carbocycles. The lowest BCUT2D eigenvalue weighted by atomic mass is 10.2. The zero-order valence-electron chi connectivity index (χ0n) is 10.7. The van der Waals surface area contributed by atoms with Crippen molar-refractivity contribution < 1.29 is 4.79 Å². The quantitative estimate of drug-likeness (QED) is 0.807. The third-order valence-corrected chi connectivity index (χ3v) is 2.65. The summed E-state index contributed by atoms with van der Waals surface area (Å²) in [5.74, 6) is 0. The second kappa shape index (κ2) is 7.16. The lowest BCUT2D eigenvalue weighted by Crippen LogP contribution is -2.29. The Balaban J connectivity index is 1.65. The molecule has 4 heteroatoms. The van der Waals surface area contributed by atoms with Crippen molar-refractivity contribution in [1.82, 2.24) is 10.3 Å². The molecule has 0 aliphatic heterocycles. The highest BCUT2D eigenvalue weighted by atomic mass is 16.2. The molecule has 2 N–H and O–H groups in total. The van der Waals surface area contributed by atoms with Crippen molar-refractivity contribution in [2.75, 3.05) is 11.9 Å². The molecular formula is C15H17N3O. The topological polar surface area (TPSA) is 54.0 Å². The number of aromatic nitrogens is 1. The van der Waals surface area contributed by atoms with Gasteiger partial charge in [-0.1, -0.05) is 24.3 Å². The van der Waals surface area contributed by atoms with E-state index in [2.05, 4.69) is 15.6 Å². The lowest BCUT2D eigenvalue weighted by Gasteiger charge is -2.07. The number of urea groups is 1. The fourth-order valence-electron chi connectivity index (χ4n) is 1.71. The molecule has 2 aromatic rings. The minimum Gasteiger partial charge on any atom is -0.338 e. The highest BCUT2D eigenvalue weighted by Crippen LogP contribution is 2.04. The van der Waals surface area contributed by atoms with Crippen LogP contribution < -0.4 is 10.6 Å². The number of anilines is 1. The highest BCUT2D eigenvalue weighted by molar-refractivity contribution is 5.89. The van der Waals surface area contributed by atoms with Gasteiger partial charge in [0, 0.05) is 24.1 Å². The fraction of sp³-hybridized carbons (Fsp3) is 0.200. The molecule has 0 aliphatic carbocycles. The number of pyridine rings is 1. The van der Waals surface area contributed by atoms with Gasteiger partial charge in [-0.15, -0.1) is 0 Å². The van der Waals surface area contributed by atoms with Gasteiger partial charge >= 0.3 is 6.03 Å². The first-order valence-corrected chi connectivity index (χ1v) is 6.34. The van der Waals surface area contributed by atoms with Crippen LogP contribution in [0.25, 0.3) is 0 Å². The number of para-hydroxylation sites is 1. The van der Waals surface area contributed by atoms with Gasteiger partial charge in [-0.25, -0.2) is 4.79 Å². The fourth-order valence-corrected chi connectivity index (χ4v) is 1.71.